The number of carbonyl (C=O) groups excluding carboxylic acids is 1. The van der Waals surface area contributed by atoms with E-state index in [9.17, 15) is 9.59 Å². The lowest BCUT2D eigenvalue weighted by Crippen LogP contribution is -2.34. The molecule has 1 amide bonds. The first-order valence-electron chi connectivity index (χ1n) is 15.6. The van der Waals surface area contributed by atoms with Gasteiger partial charge in [-0.2, -0.15) is 0 Å². The zero-order chi connectivity index (χ0) is 30.4. The number of para-hydroxylation sites is 2. The average Bonchev–Trinajstić information content (AvgIpc) is 3.58. The molecule has 0 bridgehead atoms. The van der Waals surface area contributed by atoms with Gasteiger partial charge >= 0.3 is 0 Å². The van der Waals surface area contributed by atoms with E-state index in [0.717, 1.165) is 73.8 Å². The first-order chi connectivity index (χ1) is 21.4. The third-order valence-electron chi connectivity index (χ3n) is 9.65. The van der Waals surface area contributed by atoms with Crippen molar-refractivity contribution in [1.29, 1.82) is 0 Å². The molecule has 0 radical (unpaired) electrons. The van der Waals surface area contributed by atoms with Crippen LogP contribution in [0.15, 0.2) is 65.4 Å². The fraction of sp³-hybridized carbons (Fsp3) is 0.371. The Morgan fingerprint density at radius 2 is 1.93 bits per heavy atom. The predicted octanol–water partition coefficient (Wildman–Crippen LogP) is 5.83. The lowest BCUT2D eigenvalue weighted by atomic mass is 9.83. The number of halogens is 1. The lowest BCUT2D eigenvalue weighted by Gasteiger charge is -2.23. The Balaban J connectivity index is 1.32. The van der Waals surface area contributed by atoms with Crippen LogP contribution in [0, 0.1) is 5.82 Å². The summed E-state index contributed by atoms with van der Waals surface area (Å²) >= 11 is 0. The van der Waals surface area contributed by atoms with Crippen molar-refractivity contribution in [3.63, 3.8) is 0 Å². The maximum absolute atomic E-state index is 15.8. The highest BCUT2D eigenvalue weighted by Crippen LogP contribution is 2.36. The molecule has 0 spiro atoms. The molecule has 2 aromatic carbocycles. The van der Waals surface area contributed by atoms with Crippen molar-refractivity contribution in [1.82, 2.24) is 29.2 Å². The second kappa shape index (κ2) is 11.6. The first-order valence-corrected chi connectivity index (χ1v) is 15.6. The Labute approximate surface area is 255 Å². The van der Waals surface area contributed by atoms with Crippen molar-refractivity contribution in [3.05, 3.63) is 93.4 Å². The molecular formula is C35H37FN6O2. The monoisotopic (exact) mass is 592 g/mol. The van der Waals surface area contributed by atoms with E-state index in [4.69, 9.17) is 0 Å². The lowest BCUT2D eigenvalue weighted by molar-refractivity contribution is 0.0950. The molecule has 9 heteroatoms. The molecule has 5 aromatic rings. The smallest absolute Gasteiger partial charge is 0.259 e. The summed E-state index contributed by atoms with van der Waals surface area (Å²) in [5, 5.41) is 3.20. The number of nitrogens with zero attached hydrogens (tertiary/aromatic N) is 5. The van der Waals surface area contributed by atoms with Gasteiger partial charge in [-0.15, -0.1) is 0 Å². The van der Waals surface area contributed by atoms with Gasteiger partial charge in [0.05, 0.1) is 22.2 Å². The van der Waals surface area contributed by atoms with Gasteiger partial charge in [-0.25, -0.2) is 4.39 Å². The van der Waals surface area contributed by atoms with Gasteiger partial charge in [0, 0.05) is 55.1 Å². The van der Waals surface area contributed by atoms with E-state index in [1.807, 2.05) is 52.6 Å². The molecule has 2 fully saturated rings. The number of nitrogens with one attached hydrogen (secondary N) is 1. The number of likely N-dealkylation sites (tertiary alicyclic amines) is 1. The molecule has 1 aliphatic carbocycles. The van der Waals surface area contributed by atoms with Gasteiger partial charge in [0.15, 0.2) is 0 Å². The topological polar surface area (TPSA) is 84.5 Å². The number of hydrogen-bond acceptors (Lipinski definition) is 5. The SMILES string of the molecule is CN1CCCC1CCNC(=O)c1c(=O)c2cc(F)c(C=C3CCCC(c4cnccn4)C3)cc2n2c3ccccc3n(C)c12. The van der Waals surface area contributed by atoms with Crippen LogP contribution >= 0.6 is 0 Å². The number of aromatic nitrogens is 4. The van der Waals surface area contributed by atoms with Gasteiger partial charge in [-0.3, -0.25) is 24.0 Å². The van der Waals surface area contributed by atoms with Crippen LogP contribution < -0.4 is 10.7 Å². The molecule has 1 N–H and O–H groups in total. The van der Waals surface area contributed by atoms with Crippen LogP contribution in [0.2, 0.25) is 0 Å². The maximum Gasteiger partial charge on any atom is 0.259 e. The van der Waals surface area contributed by atoms with Gasteiger partial charge < -0.3 is 14.8 Å². The highest BCUT2D eigenvalue weighted by atomic mass is 19.1. The third kappa shape index (κ3) is 4.99. The number of aryl methyl sites for hydroxylation is 1. The molecule has 7 rings (SSSR count). The number of rotatable bonds is 6. The van der Waals surface area contributed by atoms with E-state index in [1.54, 1.807) is 18.5 Å². The number of carbonyl (C=O) groups is 1. The zero-order valence-electron chi connectivity index (χ0n) is 25.2. The summed E-state index contributed by atoms with van der Waals surface area (Å²) in [6.45, 7) is 1.53. The summed E-state index contributed by atoms with van der Waals surface area (Å²) in [7, 11) is 3.98. The second-order valence-electron chi connectivity index (χ2n) is 12.3. The van der Waals surface area contributed by atoms with E-state index in [0.29, 0.717) is 29.3 Å². The van der Waals surface area contributed by atoms with Crippen LogP contribution in [0.1, 0.15) is 72.5 Å². The number of amides is 1. The summed E-state index contributed by atoms with van der Waals surface area (Å²) in [5.74, 6) is -0.654. The van der Waals surface area contributed by atoms with Crippen LogP contribution in [-0.2, 0) is 7.05 Å². The molecule has 1 aliphatic heterocycles. The van der Waals surface area contributed by atoms with Crippen molar-refractivity contribution < 1.29 is 9.18 Å². The average molecular weight is 593 g/mol. The summed E-state index contributed by atoms with van der Waals surface area (Å²) in [4.78, 5) is 38.8. The van der Waals surface area contributed by atoms with Gasteiger partial charge in [0.2, 0.25) is 5.43 Å². The molecule has 8 nitrogen and oxygen atoms in total. The molecule has 44 heavy (non-hydrogen) atoms. The predicted molar refractivity (Wildman–Crippen MR) is 171 cm³/mol. The van der Waals surface area contributed by atoms with Crippen LogP contribution in [-0.4, -0.2) is 55.9 Å². The number of pyridine rings is 1. The molecule has 1 saturated carbocycles. The number of imidazole rings is 1. The van der Waals surface area contributed by atoms with Crippen LogP contribution in [0.5, 0.6) is 0 Å². The van der Waals surface area contributed by atoms with Crippen molar-refractivity contribution in [2.75, 3.05) is 20.1 Å². The standard InChI is InChI=1S/C35H37FN6O2/c1-40-16-6-9-25(40)12-13-39-34(44)32-33(43)26-20-27(36)24(18-22-7-5-8-23(17-22)28-21-37-14-15-38-28)19-31(26)42-30-11-4-3-10-29(30)41(2)35(32)42/h3-4,10-11,14-15,18-21,23,25H,5-9,12-13,16-17H2,1-2H3,(H,39,44). The fourth-order valence-electron chi connectivity index (χ4n) is 7.34. The van der Waals surface area contributed by atoms with Crippen molar-refractivity contribution in [3.8, 4) is 0 Å². The quantitative estimate of drug-likeness (QED) is 0.268. The summed E-state index contributed by atoms with van der Waals surface area (Å²) in [6, 6.07) is 11.3. The summed E-state index contributed by atoms with van der Waals surface area (Å²) in [5.41, 5.74) is 4.95. The van der Waals surface area contributed by atoms with E-state index < -0.39 is 17.2 Å². The maximum atomic E-state index is 15.8. The highest BCUT2D eigenvalue weighted by molar-refractivity contribution is 6.06. The van der Waals surface area contributed by atoms with Gasteiger partial charge in [-0.1, -0.05) is 23.8 Å². The highest BCUT2D eigenvalue weighted by Gasteiger charge is 2.26. The summed E-state index contributed by atoms with van der Waals surface area (Å²) < 4.78 is 19.6. The normalized spacial score (nSPS) is 20.3. The second-order valence-corrected chi connectivity index (χ2v) is 12.3. The largest absolute Gasteiger partial charge is 0.352 e. The molecule has 1 saturated heterocycles. The van der Waals surface area contributed by atoms with Gasteiger partial charge in [0.1, 0.15) is 17.0 Å². The zero-order valence-corrected chi connectivity index (χ0v) is 25.2. The minimum atomic E-state index is -0.473. The van der Waals surface area contributed by atoms with Gasteiger partial charge in [-0.05, 0) is 82.8 Å². The minimum absolute atomic E-state index is 0.0422. The Hall–Kier alpha value is -4.37. The fourth-order valence-corrected chi connectivity index (χ4v) is 7.34. The number of fused-ring (bicyclic) bond motifs is 5. The van der Waals surface area contributed by atoms with Crippen LogP contribution in [0.25, 0.3) is 33.7 Å². The minimum Gasteiger partial charge on any atom is -0.352 e. The number of benzene rings is 2. The number of allylic oxidation sites excluding steroid dienone is 1. The molecular weight excluding hydrogens is 555 g/mol. The molecule has 2 unspecified atom stereocenters. The Kier molecular flexibility index (Phi) is 7.50. The molecule has 3 aromatic heterocycles. The first kappa shape index (κ1) is 28.4. The van der Waals surface area contributed by atoms with E-state index in [1.165, 1.54) is 6.07 Å². The van der Waals surface area contributed by atoms with Gasteiger partial charge in [0.25, 0.3) is 5.91 Å². The van der Waals surface area contributed by atoms with Crippen molar-refractivity contribution >= 4 is 39.6 Å². The Morgan fingerprint density at radius 1 is 1.09 bits per heavy atom. The molecule has 226 valence electrons. The van der Waals surface area contributed by atoms with E-state index in [2.05, 4.69) is 27.2 Å². The number of hydrogen-bond donors (Lipinski definition) is 1. The van der Waals surface area contributed by atoms with E-state index >= 15 is 4.39 Å². The Bertz CT molecular complexity index is 1980. The van der Waals surface area contributed by atoms with E-state index in [-0.39, 0.29) is 16.9 Å². The Morgan fingerprint density at radius 3 is 2.70 bits per heavy atom. The van der Waals surface area contributed by atoms with Crippen LogP contribution in [0.3, 0.4) is 0 Å². The molecule has 2 atom stereocenters. The molecule has 4 heterocycles. The molecule has 2 aliphatic rings. The van der Waals surface area contributed by atoms with Crippen molar-refractivity contribution in [2.24, 2.45) is 7.05 Å². The van der Waals surface area contributed by atoms with Crippen LogP contribution in [0.4, 0.5) is 4.39 Å². The van der Waals surface area contributed by atoms with Crippen molar-refractivity contribution in [2.45, 2.75) is 56.9 Å². The third-order valence-corrected chi connectivity index (χ3v) is 9.65. The summed E-state index contributed by atoms with van der Waals surface area (Å²) in [6.07, 6.45) is 13.9.